The largest absolute Gasteiger partial charge is 0.504 e. The number of nitrogens with zero attached hydrogens (tertiary/aromatic N) is 2. The molecule has 0 bridgehead atoms. The molecule has 0 aliphatic carbocycles. The molecule has 1 unspecified atom stereocenters. The summed E-state index contributed by atoms with van der Waals surface area (Å²) in [6.07, 6.45) is 1.66. The first-order valence-electron chi connectivity index (χ1n) is 10.8. The molecule has 4 rings (SSSR count). The average Bonchev–Trinajstić information content (AvgIpc) is 3.16. The Balaban J connectivity index is 1.96. The van der Waals surface area contributed by atoms with E-state index in [1.165, 1.54) is 36.2 Å². The van der Waals surface area contributed by atoms with Crippen molar-refractivity contribution in [3.05, 3.63) is 71.2 Å². The lowest BCUT2D eigenvalue weighted by atomic mass is 9.96. The normalized spacial score (nSPS) is 15.4. The Morgan fingerprint density at radius 3 is 2.58 bits per heavy atom. The van der Waals surface area contributed by atoms with Gasteiger partial charge in [-0.25, -0.2) is 9.79 Å². The van der Waals surface area contributed by atoms with E-state index in [-0.39, 0.29) is 40.7 Å². The Morgan fingerprint density at radius 2 is 1.92 bits per heavy atom. The van der Waals surface area contributed by atoms with Gasteiger partial charge in [-0.05, 0) is 71.2 Å². The van der Waals surface area contributed by atoms with Crippen molar-refractivity contribution in [2.45, 2.75) is 19.9 Å². The van der Waals surface area contributed by atoms with Gasteiger partial charge in [0.05, 0.1) is 35.4 Å². The number of ether oxygens (including phenoxy) is 3. The number of rotatable bonds is 6. The topological polar surface area (TPSA) is 120 Å². The van der Waals surface area contributed by atoms with Crippen molar-refractivity contribution in [3.63, 3.8) is 0 Å². The SMILES string of the molecule is CCOC(=O)C1=C(C)n2c(sc(=Cc3cc(Br)c(O)c(OC)c3)c2=O)=NC1c1ccc(O)c(OC)c1. The zero-order valence-electron chi connectivity index (χ0n) is 19.9. The highest BCUT2D eigenvalue weighted by molar-refractivity contribution is 9.10. The molecule has 1 aliphatic rings. The van der Waals surface area contributed by atoms with Gasteiger partial charge < -0.3 is 24.4 Å². The third kappa shape index (κ3) is 4.51. The van der Waals surface area contributed by atoms with Crippen molar-refractivity contribution < 1.29 is 29.2 Å². The van der Waals surface area contributed by atoms with Crippen LogP contribution in [0.1, 0.15) is 31.0 Å². The number of halogens is 1. The molecule has 1 aliphatic heterocycles. The summed E-state index contributed by atoms with van der Waals surface area (Å²) >= 11 is 4.46. The lowest BCUT2D eigenvalue weighted by Crippen LogP contribution is -2.35. The van der Waals surface area contributed by atoms with Gasteiger partial charge in [0, 0.05) is 5.70 Å². The summed E-state index contributed by atoms with van der Waals surface area (Å²) in [7, 11) is 2.87. The maximum atomic E-state index is 13.4. The Hall–Kier alpha value is -3.57. The minimum atomic E-state index is -0.771. The quantitative estimate of drug-likeness (QED) is 0.434. The van der Waals surface area contributed by atoms with Crippen LogP contribution in [-0.2, 0) is 9.53 Å². The fourth-order valence-corrected chi connectivity index (χ4v) is 5.41. The van der Waals surface area contributed by atoms with Gasteiger partial charge in [-0.2, -0.15) is 0 Å². The van der Waals surface area contributed by atoms with Gasteiger partial charge in [-0.15, -0.1) is 0 Å². The van der Waals surface area contributed by atoms with Crippen molar-refractivity contribution in [3.8, 4) is 23.0 Å². The van der Waals surface area contributed by atoms with E-state index in [1.54, 1.807) is 44.2 Å². The summed E-state index contributed by atoms with van der Waals surface area (Å²) in [4.78, 5) is 31.5. The zero-order valence-corrected chi connectivity index (χ0v) is 22.3. The van der Waals surface area contributed by atoms with Gasteiger partial charge in [-0.3, -0.25) is 9.36 Å². The maximum absolute atomic E-state index is 13.4. The number of carbonyl (C=O) groups excluding carboxylic acids is 1. The van der Waals surface area contributed by atoms with Crippen molar-refractivity contribution in [1.82, 2.24) is 4.57 Å². The number of fused-ring (bicyclic) bond motifs is 1. The monoisotopic (exact) mass is 574 g/mol. The molecular weight excluding hydrogens is 552 g/mol. The van der Waals surface area contributed by atoms with E-state index in [1.807, 2.05) is 0 Å². The third-order valence-corrected chi connectivity index (χ3v) is 7.22. The third-order valence-electron chi connectivity index (χ3n) is 5.63. The number of hydrogen-bond acceptors (Lipinski definition) is 9. The zero-order chi connectivity index (χ0) is 26.1. The van der Waals surface area contributed by atoms with Gasteiger partial charge in [0.2, 0.25) is 0 Å². The Kier molecular flexibility index (Phi) is 7.23. The molecule has 2 heterocycles. The van der Waals surface area contributed by atoms with E-state index in [2.05, 4.69) is 15.9 Å². The Bertz CT molecular complexity index is 1570. The predicted octanol–water partition coefficient (Wildman–Crippen LogP) is 3.10. The number of aromatic hydroxyl groups is 2. The van der Waals surface area contributed by atoms with Crippen LogP contribution in [0.3, 0.4) is 0 Å². The molecule has 0 saturated carbocycles. The molecule has 0 fully saturated rings. The van der Waals surface area contributed by atoms with E-state index in [4.69, 9.17) is 19.2 Å². The van der Waals surface area contributed by atoms with Crippen LogP contribution in [0.4, 0.5) is 0 Å². The summed E-state index contributed by atoms with van der Waals surface area (Å²) in [5, 5.41) is 20.1. The van der Waals surface area contributed by atoms with Gasteiger partial charge in [0.15, 0.2) is 27.8 Å². The highest BCUT2D eigenvalue weighted by Gasteiger charge is 2.32. The first kappa shape index (κ1) is 25.5. The van der Waals surface area contributed by atoms with Crippen LogP contribution < -0.4 is 24.4 Å². The van der Waals surface area contributed by atoms with Crippen LogP contribution in [0.5, 0.6) is 23.0 Å². The molecule has 0 spiro atoms. The molecule has 188 valence electrons. The Labute approximate surface area is 218 Å². The van der Waals surface area contributed by atoms with E-state index >= 15 is 0 Å². The summed E-state index contributed by atoms with van der Waals surface area (Å²) in [5.41, 5.74) is 1.50. The molecular formula is C25H23BrN2O7S. The fraction of sp³-hybridized carbons (Fsp3) is 0.240. The molecule has 0 radical (unpaired) electrons. The molecule has 0 amide bonds. The number of allylic oxidation sites excluding steroid dienone is 1. The lowest BCUT2D eigenvalue weighted by Gasteiger charge is -2.22. The van der Waals surface area contributed by atoms with E-state index < -0.39 is 12.0 Å². The standard InChI is InChI=1S/C25H23BrN2O7S/c1-5-35-24(32)20-12(2)28-23(31)19(10-13-8-15(26)22(30)18(9-13)34-4)36-25(28)27-21(20)14-6-7-16(29)17(11-14)33-3/h6-11,21,29-30H,5H2,1-4H3. The van der Waals surface area contributed by atoms with Crippen molar-refractivity contribution in [2.75, 3.05) is 20.8 Å². The highest BCUT2D eigenvalue weighted by atomic mass is 79.9. The molecule has 0 saturated heterocycles. The minimum Gasteiger partial charge on any atom is -0.504 e. The minimum absolute atomic E-state index is 0.0446. The number of hydrogen-bond donors (Lipinski definition) is 2. The first-order chi connectivity index (χ1) is 17.2. The number of thiazole rings is 1. The van der Waals surface area contributed by atoms with Gasteiger partial charge in [-0.1, -0.05) is 17.4 Å². The lowest BCUT2D eigenvalue weighted by molar-refractivity contribution is -0.138. The van der Waals surface area contributed by atoms with Crippen molar-refractivity contribution >= 4 is 45.0 Å². The number of carbonyl (C=O) groups is 1. The van der Waals surface area contributed by atoms with Crippen LogP contribution in [-0.4, -0.2) is 41.6 Å². The summed E-state index contributed by atoms with van der Waals surface area (Å²) in [6, 6.07) is 7.21. The van der Waals surface area contributed by atoms with Gasteiger partial charge in [0.25, 0.3) is 5.56 Å². The number of phenolic OH excluding ortho intramolecular Hbond substituents is 2. The summed E-state index contributed by atoms with van der Waals surface area (Å²) in [6.45, 7) is 3.53. The Morgan fingerprint density at radius 1 is 1.19 bits per heavy atom. The van der Waals surface area contributed by atoms with Crippen molar-refractivity contribution in [2.24, 2.45) is 4.99 Å². The number of methoxy groups -OCH3 is 2. The molecule has 1 aromatic heterocycles. The second-order valence-electron chi connectivity index (χ2n) is 7.77. The molecule has 11 heteroatoms. The van der Waals surface area contributed by atoms with Crippen LogP contribution in [0.25, 0.3) is 11.8 Å². The van der Waals surface area contributed by atoms with Crippen LogP contribution in [0.2, 0.25) is 0 Å². The number of aromatic nitrogens is 1. The van der Waals surface area contributed by atoms with E-state index in [0.717, 1.165) is 0 Å². The number of benzene rings is 2. The second kappa shape index (κ2) is 10.2. The van der Waals surface area contributed by atoms with Crippen LogP contribution in [0, 0.1) is 0 Å². The van der Waals surface area contributed by atoms with Crippen LogP contribution >= 0.6 is 27.3 Å². The fourth-order valence-electron chi connectivity index (χ4n) is 3.91. The van der Waals surface area contributed by atoms with E-state index in [9.17, 15) is 19.8 Å². The van der Waals surface area contributed by atoms with Crippen molar-refractivity contribution in [1.29, 1.82) is 0 Å². The van der Waals surface area contributed by atoms with E-state index in [0.29, 0.717) is 30.6 Å². The highest BCUT2D eigenvalue weighted by Crippen LogP contribution is 2.37. The molecule has 2 N–H and O–H groups in total. The summed E-state index contributed by atoms with van der Waals surface area (Å²) in [5.74, 6) is -0.188. The number of phenols is 2. The molecule has 1 atom stereocenters. The predicted molar refractivity (Wildman–Crippen MR) is 138 cm³/mol. The van der Waals surface area contributed by atoms with Gasteiger partial charge in [0.1, 0.15) is 6.04 Å². The number of esters is 1. The second-order valence-corrected chi connectivity index (χ2v) is 9.63. The summed E-state index contributed by atoms with van der Waals surface area (Å²) < 4.78 is 17.9. The van der Waals surface area contributed by atoms with Crippen LogP contribution in [0.15, 0.2) is 50.2 Å². The molecule has 36 heavy (non-hydrogen) atoms. The first-order valence-corrected chi connectivity index (χ1v) is 12.4. The maximum Gasteiger partial charge on any atom is 0.338 e. The molecule has 9 nitrogen and oxygen atoms in total. The molecule has 2 aromatic carbocycles. The van der Waals surface area contributed by atoms with Gasteiger partial charge >= 0.3 is 5.97 Å². The molecule has 3 aromatic rings. The smallest absolute Gasteiger partial charge is 0.338 e. The average molecular weight is 575 g/mol.